The molecule has 3 saturated carbocycles. The molecule has 0 aliphatic heterocycles. The summed E-state index contributed by atoms with van der Waals surface area (Å²) in [5.74, 6) is 1.41. The number of Topliss-reactive ketones (excluding diaryl/α,β-unsaturated/α-hetero) is 1. The molecule has 0 radical (unpaired) electrons. The molecule has 0 unspecified atom stereocenters. The van der Waals surface area contributed by atoms with E-state index >= 15 is 0 Å². The second-order valence-electron chi connectivity index (χ2n) is 9.75. The van der Waals surface area contributed by atoms with Crippen LogP contribution in [0.1, 0.15) is 59.3 Å². The third-order valence-electron chi connectivity index (χ3n) is 8.86. The zero-order chi connectivity index (χ0) is 18.2. The number of rotatable bonds is 1. The Morgan fingerprint density at radius 2 is 1.84 bits per heavy atom. The van der Waals surface area contributed by atoms with Gasteiger partial charge >= 0.3 is 0 Å². The molecule has 3 N–H and O–H groups in total. The summed E-state index contributed by atoms with van der Waals surface area (Å²) in [5.41, 5.74) is -1.72. The van der Waals surface area contributed by atoms with Crippen molar-refractivity contribution in [3.63, 3.8) is 0 Å². The first kappa shape index (κ1) is 17.7. The molecule has 4 nitrogen and oxygen atoms in total. The molecule has 0 amide bonds. The predicted octanol–water partition coefficient (Wildman–Crippen LogP) is 2.46. The summed E-state index contributed by atoms with van der Waals surface area (Å²) in [6.07, 6.45) is 7.25. The van der Waals surface area contributed by atoms with E-state index in [2.05, 4.69) is 13.0 Å². The summed E-state index contributed by atoms with van der Waals surface area (Å²) in [4.78, 5) is 12.2. The largest absolute Gasteiger partial charge is 0.393 e. The zero-order valence-corrected chi connectivity index (χ0v) is 15.6. The number of aliphatic hydroxyl groups excluding tert-OH is 2. The van der Waals surface area contributed by atoms with E-state index in [-0.39, 0.29) is 17.3 Å². The van der Waals surface area contributed by atoms with Crippen LogP contribution in [0, 0.1) is 34.5 Å². The van der Waals surface area contributed by atoms with Crippen LogP contribution in [0.15, 0.2) is 12.2 Å². The fourth-order valence-corrected chi connectivity index (χ4v) is 7.37. The number of ketones is 1. The van der Waals surface area contributed by atoms with Crippen molar-refractivity contribution < 1.29 is 20.1 Å². The fraction of sp³-hybridized carbons (Fsp3) is 0.857. The molecule has 3 fully saturated rings. The first-order chi connectivity index (χ1) is 11.6. The van der Waals surface area contributed by atoms with Crippen LogP contribution in [-0.4, -0.2) is 38.9 Å². The molecule has 0 saturated heterocycles. The molecular weight excluding hydrogens is 316 g/mol. The smallest absolute Gasteiger partial charge is 0.133 e. The van der Waals surface area contributed by atoms with E-state index in [0.29, 0.717) is 30.5 Å². The van der Waals surface area contributed by atoms with Gasteiger partial charge in [-0.15, -0.1) is 0 Å². The standard InChI is InChI=1S/C21H32O4/c1-12(22)15-4-5-16-14-6-9-21(25)11-13(23)10-18(24)20(21,3)17(14)7-8-19(15,16)2/h6,9,13-18,23-25H,4-5,7-8,10-11H2,1-3H3/t13-,14-,15+,16-,17-,18-,19+,20-,21+/m0/s1. The normalized spacial score (nSPS) is 57.5. The highest BCUT2D eigenvalue weighted by Gasteiger charge is 2.65. The van der Waals surface area contributed by atoms with Crippen molar-refractivity contribution >= 4 is 5.78 Å². The van der Waals surface area contributed by atoms with E-state index < -0.39 is 23.2 Å². The minimum atomic E-state index is -1.14. The average Bonchev–Trinajstić information content (AvgIpc) is 2.87. The van der Waals surface area contributed by atoms with E-state index in [9.17, 15) is 20.1 Å². The quantitative estimate of drug-likeness (QED) is 0.636. The van der Waals surface area contributed by atoms with Crippen molar-refractivity contribution in [2.24, 2.45) is 34.5 Å². The second-order valence-corrected chi connectivity index (χ2v) is 9.75. The van der Waals surface area contributed by atoms with E-state index in [1.165, 1.54) is 0 Å². The van der Waals surface area contributed by atoms with Crippen LogP contribution in [-0.2, 0) is 4.79 Å². The van der Waals surface area contributed by atoms with Gasteiger partial charge in [0.05, 0.1) is 17.8 Å². The molecule has 0 aromatic heterocycles. The van der Waals surface area contributed by atoms with Crippen LogP contribution in [0.4, 0.5) is 0 Å². The molecule has 0 aromatic carbocycles. The van der Waals surface area contributed by atoms with Crippen LogP contribution in [0.2, 0.25) is 0 Å². The van der Waals surface area contributed by atoms with Crippen LogP contribution in [0.25, 0.3) is 0 Å². The SMILES string of the molecule is CC(=O)[C@H]1CC[C@H]2[C@@H]3C=C[C@@]4(O)C[C@@H](O)C[C@H](O)[C@]4(C)[C@H]3CC[C@]12C. The Bertz CT molecular complexity index is 615. The summed E-state index contributed by atoms with van der Waals surface area (Å²) in [6, 6.07) is 0. The molecule has 4 heteroatoms. The molecule has 4 aliphatic rings. The zero-order valence-electron chi connectivity index (χ0n) is 15.6. The molecule has 4 rings (SSSR count). The molecule has 140 valence electrons. The van der Waals surface area contributed by atoms with Gasteiger partial charge < -0.3 is 15.3 Å². The Morgan fingerprint density at radius 3 is 2.52 bits per heavy atom. The summed E-state index contributed by atoms with van der Waals surface area (Å²) in [5, 5.41) is 32.3. The number of allylic oxidation sites excluding steroid dienone is 1. The van der Waals surface area contributed by atoms with Gasteiger partial charge in [-0.1, -0.05) is 26.0 Å². The number of carbonyl (C=O) groups is 1. The molecule has 9 atom stereocenters. The Kier molecular flexibility index (Phi) is 3.82. The third kappa shape index (κ3) is 2.14. The topological polar surface area (TPSA) is 77.8 Å². The third-order valence-corrected chi connectivity index (χ3v) is 8.86. The van der Waals surface area contributed by atoms with E-state index in [1.807, 2.05) is 13.0 Å². The van der Waals surface area contributed by atoms with Gasteiger partial charge in [0.1, 0.15) is 5.78 Å². The first-order valence-electron chi connectivity index (χ1n) is 9.92. The Hall–Kier alpha value is -0.710. The number of aliphatic hydroxyl groups is 3. The highest BCUT2D eigenvalue weighted by molar-refractivity contribution is 5.79. The first-order valence-corrected chi connectivity index (χ1v) is 9.92. The van der Waals surface area contributed by atoms with Crippen molar-refractivity contribution in [2.75, 3.05) is 0 Å². The predicted molar refractivity (Wildman–Crippen MR) is 94.7 cm³/mol. The monoisotopic (exact) mass is 348 g/mol. The van der Waals surface area contributed by atoms with Crippen molar-refractivity contribution in [3.8, 4) is 0 Å². The molecular formula is C21H32O4. The molecule has 0 heterocycles. The van der Waals surface area contributed by atoms with Crippen molar-refractivity contribution in [2.45, 2.75) is 77.1 Å². The van der Waals surface area contributed by atoms with Gasteiger partial charge in [-0.2, -0.15) is 0 Å². The van der Waals surface area contributed by atoms with Crippen LogP contribution < -0.4 is 0 Å². The lowest BCUT2D eigenvalue weighted by Crippen LogP contribution is -2.66. The fourth-order valence-electron chi connectivity index (χ4n) is 7.37. The van der Waals surface area contributed by atoms with Gasteiger partial charge in [-0.05, 0) is 55.8 Å². The van der Waals surface area contributed by atoms with Gasteiger partial charge in [0, 0.05) is 24.2 Å². The van der Waals surface area contributed by atoms with E-state index in [1.54, 1.807) is 6.92 Å². The minimum absolute atomic E-state index is 0.0439. The van der Waals surface area contributed by atoms with Crippen molar-refractivity contribution in [1.29, 1.82) is 0 Å². The Labute approximate surface area is 150 Å². The van der Waals surface area contributed by atoms with Gasteiger partial charge in [-0.3, -0.25) is 4.79 Å². The van der Waals surface area contributed by atoms with Crippen LogP contribution >= 0.6 is 0 Å². The maximum absolute atomic E-state index is 12.2. The summed E-state index contributed by atoms with van der Waals surface area (Å²) >= 11 is 0. The second kappa shape index (κ2) is 5.40. The number of hydrogen-bond acceptors (Lipinski definition) is 4. The summed E-state index contributed by atoms with van der Waals surface area (Å²) < 4.78 is 0. The average molecular weight is 348 g/mol. The highest BCUT2D eigenvalue weighted by Crippen LogP contribution is 2.66. The van der Waals surface area contributed by atoms with Gasteiger partial charge in [0.25, 0.3) is 0 Å². The van der Waals surface area contributed by atoms with E-state index in [0.717, 1.165) is 25.7 Å². The number of carbonyl (C=O) groups excluding carboxylic acids is 1. The van der Waals surface area contributed by atoms with Gasteiger partial charge in [0.2, 0.25) is 0 Å². The minimum Gasteiger partial charge on any atom is -0.393 e. The highest BCUT2D eigenvalue weighted by atomic mass is 16.3. The Morgan fingerprint density at radius 1 is 1.12 bits per heavy atom. The lowest BCUT2D eigenvalue weighted by molar-refractivity contribution is -0.216. The maximum atomic E-state index is 12.2. The van der Waals surface area contributed by atoms with Crippen LogP contribution in [0.5, 0.6) is 0 Å². The summed E-state index contributed by atoms with van der Waals surface area (Å²) in [7, 11) is 0. The molecule has 4 aliphatic carbocycles. The molecule has 0 spiro atoms. The van der Waals surface area contributed by atoms with Crippen molar-refractivity contribution in [3.05, 3.63) is 12.2 Å². The Balaban J connectivity index is 1.74. The molecule has 25 heavy (non-hydrogen) atoms. The van der Waals surface area contributed by atoms with E-state index in [4.69, 9.17) is 0 Å². The summed E-state index contributed by atoms with van der Waals surface area (Å²) in [6.45, 7) is 6.03. The lowest BCUT2D eigenvalue weighted by atomic mass is 9.44. The van der Waals surface area contributed by atoms with Crippen LogP contribution in [0.3, 0.4) is 0 Å². The number of fused-ring (bicyclic) bond motifs is 5. The van der Waals surface area contributed by atoms with Gasteiger partial charge in [-0.25, -0.2) is 0 Å². The lowest BCUT2D eigenvalue weighted by Gasteiger charge is -2.62. The molecule has 0 aromatic rings. The van der Waals surface area contributed by atoms with Gasteiger partial charge in [0.15, 0.2) is 0 Å². The molecule has 0 bridgehead atoms. The maximum Gasteiger partial charge on any atom is 0.133 e. The van der Waals surface area contributed by atoms with Crippen molar-refractivity contribution in [1.82, 2.24) is 0 Å². The number of hydrogen-bond donors (Lipinski definition) is 3.